The number of carbonyl (C=O) groups excluding carboxylic acids is 1. The van der Waals surface area contributed by atoms with Crippen LogP contribution in [0.25, 0.3) is 0 Å². The second kappa shape index (κ2) is 7.41. The molecule has 0 bridgehead atoms. The second-order valence-electron chi connectivity index (χ2n) is 6.58. The molecule has 1 aromatic carbocycles. The second-order valence-corrected chi connectivity index (χ2v) is 9.68. The molecule has 0 spiro atoms. The quantitative estimate of drug-likeness (QED) is 0.758. The SMILES string of the molecule is COc1ccc(Br)cc1CN(C)CC(=O)N[C@]1(C)CCS(=O)(=O)C1. The Hall–Kier alpha value is -1.12. The van der Waals surface area contributed by atoms with E-state index in [0.717, 1.165) is 15.8 Å². The Morgan fingerprint density at radius 2 is 2.17 bits per heavy atom. The van der Waals surface area contributed by atoms with Gasteiger partial charge in [0, 0.05) is 16.6 Å². The number of rotatable bonds is 6. The third-order valence-corrected chi connectivity index (χ3v) is 6.44. The van der Waals surface area contributed by atoms with Crippen LogP contribution in [0.15, 0.2) is 22.7 Å². The van der Waals surface area contributed by atoms with E-state index in [2.05, 4.69) is 21.2 Å². The van der Waals surface area contributed by atoms with Gasteiger partial charge >= 0.3 is 0 Å². The van der Waals surface area contributed by atoms with Gasteiger partial charge in [-0.3, -0.25) is 9.69 Å². The standard InChI is InChI=1S/C16H23BrN2O4S/c1-16(6-7-24(21,22)11-16)18-15(20)10-19(2)9-12-8-13(17)4-5-14(12)23-3/h4-5,8H,6-7,9-11H2,1-3H3,(H,18,20)/t16-/m1/s1. The molecule has 0 radical (unpaired) electrons. The number of hydrogen-bond acceptors (Lipinski definition) is 5. The number of amides is 1. The molecule has 8 heteroatoms. The predicted octanol–water partition coefficient (Wildman–Crippen LogP) is 1.58. The first-order chi connectivity index (χ1) is 11.1. The topological polar surface area (TPSA) is 75.7 Å². The van der Waals surface area contributed by atoms with Crippen LogP contribution >= 0.6 is 15.9 Å². The van der Waals surface area contributed by atoms with E-state index >= 15 is 0 Å². The lowest BCUT2D eigenvalue weighted by molar-refractivity contribution is -0.123. The van der Waals surface area contributed by atoms with Gasteiger partial charge in [-0.15, -0.1) is 0 Å². The number of halogens is 1. The number of nitrogens with zero attached hydrogens (tertiary/aromatic N) is 1. The molecule has 24 heavy (non-hydrogen) atoms. The van der Waals surface area contributed by atoms with Crippen LogP contribution in [0.3, 0.4) is 0 Å². The Bertz CT molecular complexity index is 723. The number of methoxy groups -OCH3 is 1. The molecule has 1 N–H and O–H groups in total. The highest BCUT2D eigenvalue weighted by Crippen LogP contribution is 2.24. The maximum atomic E-state index is 12.2. The number of hydrogen-bond donors (Lipinski definition) is 1. The van der Waals surface area contributed by atoms with Gasteiger partial charge in [-0.1, -0.05) is 15.9 Å². The van der Waals surface area contributed by atoms with Crippen molar-refractivity contribution < 1.29 is 17.9 Å². The smallest absolute Gasteiger partial charge is 0.234 e. The minimum Gasteiger partial charge on any atom is -0.496 e. The lowest BCUT2D eigenvalue weighted by atomic mass is 10.0. The minimum absolute atomic E-state index is 0.00884. The summed E-state index contributed by atoms with van der Waals surface area (Å²) in [6.45, 7) is 2.52. The molecule has 1 aliphatic heterocycles. The first kappa shape index (κ1) is 19.2. The van der Waals surface area contributed by atoms with Gasteiger partial charge in [-0.2, -0.15) is 0 Å². The highest BCUT2D eigenvalue weighted by molar-refractivity contribution is 9.10. The molecular formula is C16H23BrN2O4S. The summed E-state index contributed by atoms with van der Waals surface area (Å²) in [4.78, 5) is 14.1. The van der Waals surface area contributed by atoms with E-state index in [1.165, 1.54) is 0 Å². The summed E-state index contributed by atoms with van der Waals surface area (Å²) in [5, 5.41) is 2.87. The Labute approximate surface area is 151 Å². The van der Waals surface area contributed by atoms with E-state index in [0.29, 0.717) is 13.0 Å². The van der Waals surface area contributed by atoms with E-state index in [-0.39, 0.29) is 24.0 Å². The summed E-state index contributed by atoms with van der Waals surface area (Å²) >= 11 is 3.43. The number of carbonyl (C=O) groups is 1. The predicted molar refractivity (Wildman–Crippen MR) is 96.8 cm³/mol. The van der Waals surface area contributed by atoms with Crippen molar-refractivity contribution in [2.45, 2.75) is 25.4 Å². The zero-order valence-corrected chi connectivity index (χ0v) is 16.5. The van der Waals surface area contributed by atoms with Crippen molar-refractivity contribution in [3.05, 3.63) is 28.2 Å². The van der Waals surface area contributed by atoms with Gasteiger partial charge in [0.2, 0.25) is 5.91 Å². The Morgan fingerprint density at radius 1 is 1.46 bits per heavy atom. The van der Waals surface area contributed by atoms with Gasteiger partial charge in [0.05, 0.1) is 30.7 Å². The lowest BCUT2D eigenvalue weighted by Gasteiger charge is -2.26. The first-order valence-corrected chi connectivity index (χ1v) is 10.3. The monoisotopic (exact) mass is 418 g/mol. The number of sulfone groups is 1. The molecule has 1 aromatic rings. The van der Waals surface area contributed by atoms with Crippen molar-refractivity contribution in [2.24, 2.45) is 0 Å². The molecule has 1 heterocycles. The fourth-order valence-corrected chi connectivity index (χ4v) is 5.45. The van der Waals surface area contributed by atoms with Gasteiger partial charge in [-0.25, -0.2) is 8.42 Å². The van der Waals surface area contributed by atoms with Crippen LogP contribution in [0.2, 0.25) is 0 Å². The molecule has 1 aliphatic rings. The summed E-state index contributed by atoms with van der Waals surface area (Å²) in [6.07, 6.45) is 0.463. The van der Waals surface area contributed by atoms with E-state index in [9.17, 15) is 13.2 Å². The molecule has 1 amide bonds. The van der Waals surface area contributed by atoms with Crippen LogP contribution in [0.4, 0.5) is 0 Å². The molecule has 6 nitrogen and oxygen atoms in total. The maximum Gasteiger partial charge on any atom is 0.234 e. The van der Waals surface area contributed by atoms with Gasteiger partial charge in [0.25, 0.3) is 0 Å². The molecule has 0 saturated carbocycles. The largest absolute Gasteiger partial charge is 0.496 e. The van der Waals surface area contributed by atoms with E-state index in [4.69, 9.17) is 4.74 Å². The number of nitrogens with one attached hydrogen (secondary N) is 1. The maximum absolute atomic E-state index is 12.2. The minimum atomic E-state index is -3.04. The van der Waals surface area contributed by atoms with Crippen LogP contribution in [0.5, 0.6) is 5.75 Å². The first-order valence-electron chi connectivity index (χ1n) is 7.65. The molecule has 0 unspecified atom stereocenters. The summed E-state index contributed by atoms with van der Waals surface area (Å²) in [6, 6.07) is 5.73. The summed E-state index contributed by atoms with van der Waals surface area (Å²) < 4.78 is 29.5. The molecule has 0 aliphatic carbocycles. The Balaban J connectivity index is 1.94. The zero-order chi connectivity index (χ0) is 18.0. The van der Waals surface area contributed by atoms with Crippen LogP contribution in [0.1, 0.15) is 18.9 Å². The lowest BCUT2D eigenvalue weighted by Crippen LogP contribution is -2.49. The van der Waals surface area contributed by atoms with Crippen molar-refractivity contribution >= 4 is 31.7 Å². The van der Waals surface area contributed by atoms with Gasteiger partial charge in [-0.05, 0) is 38.6 Å². The third-order valence-electron chi connectivity index (χ3n) is 4.04. The normalized spacial score (nSPS) is 22.5. The van der Waals surface area contributed by atoms with Crippen molar-refractivity contribution in [1.29, 1.82) is 0 Å². The van der Waals surface area contributed by atoms with Crippen molar-refractivity contribution in [2.75, 3.05) is 32.2 Å². The highest BCUT2D eigenvalue weighted by atomic mass is 79.9. The molecule has 1 atom stereocenters. The summed E-state index contributed by atoms with van der Waals surface area (Å²) in [7, 11) is 0.412. The van der Waals surface area contributed by atoms with E-state index in [1.54, 1.807) is 14.0 Å². The van der Waals surface area contributed by atoms with Crippen molar-refractivity contribution in [3.63, 3.8) is 0 Å². The highest BCUT2D eigenvalue weighted by Gasteiger charge is 2.39. The molecule has 134 valence electrons. The molecular weight excluding hydrogens is 396 g/mol. The number of likely N-dealkylation sites (N-methyl/N-ethyl adjacent to an activating group) is 1. The van der Waals surface area contributed by atoms with Crippen LogP contribution in [0, 0.1) is 0 Å². The van der Waals surface area contributed by atoms with Crippen molar-refractivity contribution in [1.82, 2.24) is 10.2 Å². The van der Waals surface area contributed by atoms with E-state index < -0.39 is 15.4 Å². The fourth-order valence-electron chi connectivity index (χ4n) is 2.95. The van der Waals surface area contributed by atoms with Crippen LogP contribution < -0.4 is 10.1 Å². The van der Waals surface area contributed by atoms with Gasteiger partial charge in [0.15, 0.2) is 9.84 Å². The van der Waals surface area contributed by atoms with Gasteiger partial charge in [0.1, 0.15) is 5.75 Å². The number of ether oxygens (including phenoxy) is 1. The van der Waals surface area contributed by atoms with Crippen LogP contribution in [-0.4, -0.2) is 57.0 Å². The Kier molecular flexibility index (Phi) is 5.93. The summed E-state index contributed by atoms with van der Waals surface area (Å²) in [5.74, 6) is 0.731. The zero-order valence-electron chi connectivity index (χ0n) is 14.1. The van der Waals surface area contributed by atoms with Crippen LogP contribution in [-0.2, 0) is 21.2 Å². The molecule has 2 rings (SSSR count). The molecule has 1 fully saturated rings. The third kappa shape index (κ3) is 5.19. The Morgan fingerprint density at radius 3 is 2.75 bits per heavy atom. The van der Waals surface area contributed by atoms with Crippen molar-refractivity contribution in [3.8, 4) is 5.75 Å². The summed E-state index contributed by atoms with van der Waals surface area (Å²) in [5.41, 5.74) is 0.307. The van der Waals surface area contributed by atoms with Gasteiger partial charge < -0.3 is 10.1 Å². The average Bonchev–Trinajstić information content (AvgIpc) is 2.72. The average molecular weight is 419 g/mol. The van der Waals surface area contributed by atoms with E-state index in [1.807, 2.05) is 30.1 Å². The molecule has 1 saturated heterocycles. The fraction of sp³-hybridized carbons (Fsp3) is 0.562. The number of benzene rings is 1. The molecule has 0 aromatic heterocycles.